The quantitative estimate of drug-likeness (QED) is 0.229. The molecule has 0 atom stereocenters. The van der Waals surface area contributed by atoms with E-state index in [1.807, 2.05) is 30.3 Å². The number of methoxy groups -OCH3 is 1. The number of benzene rings is 2. The minimum absolute atomic E-state index is 0.0662. The molecule has 0 fully saturated rings. The third-order valence-corrected chi connectivity index (χ3v) is 4.24. The van der Waals surface area contributed by atoms with Crippen molar-refractivity contribution >= 4 is 24.1 Å². The molecule has 11 heteroatoms. The lowest BCUT2D eigenvalue weighted by atomic mass is 10.2. The first kappa shape index (κ1) is 22.0. The van der Waals surface area contributed by atoms with Crippen molar-refractivity contribution in [2.75, 3.05) is 7.11 Å². The zero-order chi connectivity index (χ0) is 22.4. The van der Waals surface area contributed by atoms with Crippen LogP contribution in [-0.2, 0) is 6.61 Å². The average Bonchev–Trinajstić information content (AvgIpc) is 3.10. The van der Waals surface area contributed by atoms with Gasteiger partial charge in [0.25, 0.3) is 0 Å². The number of nitrogens with zero attached hydrogens (tertiary/aromatic N) is 4. The fourth-order valence-electron chi connectivity index (χ4n) is 2.65. The molecular weight excluding hydrogens is 422 g/mol. The maximum atomic E-state index is 11.6. The number of ether oxygens (including phenoxy) is 3. The highest BCUT2D eigenvalue weighted by Crippen LogP contribution is 2.38. The summed E-state index contributed by atoms with van der Waals surface area (Å²) in [6, 6.07) is 12.2. The summed E-state index contributed by atoms with van der Waals surface area (Å²) in [7, 11) is 1.42. The summed E-state index contributed by atoms with van der Waals surface area (Å²) in [6.07, 6.45) is 1.16. The fraction of sp³-hybridized carbons (Fsp3) is 0.250. The summed E-state index contributed by atoms with van der Waals surface area (Å²) >= 11 is 5.23. The predicted octanol–water partition coefficient (Wildman–Crippen LogP) is 4.11. The number of hydrogen-bond donors (Lipinski definition) is 1. The van der Waals surface area contributed by atoms with E-state index in [1.54, 1.807) is 19.9 Å². The highest BCUT2D eigenvalue weighted by Gasteiger charge is 2.23. The molecule has 0 saturated heterocycles. The van der Waals surface area contributed by atoms with Crippen LogP contribution in [0.15, 0.2) is 47.6 Å². The number of nitro benzene ring substituents is 1. The Morgan fingerprint density at radius 2 is 2.06 bits per heavy atom. The average molecular weight is 443 g/mol. The van der Waals surface area contributed by atoms with Crippen LogP contribution in [0.1, 0.15) is 25.2 Å². The zero-order valence-electron chi connectivity index (χ0n) is 17.1. The molecule has 0 radical (unpaired) electrons. The standard InChI is InChI=1S/C20H21N5O5S/c1-13(2)30-19-16(25(26)27)9-14(10-17(19)28-3)11-21-24-18(22-23-20(24)31)12-29-15-7-5-4-6-8-15/h4-11,13H,12H2,1-3H3,(H,23,31)/b21-11-. The molecule has 31 heavy (non-hydrogen) atoms. The number of aromatic amines is 1. The van der Waals surface area contributed by atoms with Crippen molar-refractivity contribution in [3.8, 4) is 17.2 Å². The van der Waals surface area contributed by atoms with Crippen LogP contribution in [0, 0.1) is 14.9 Å². The van der Waals surface area contributed by atoms with Crippen LogP contribution in [0.25, 0.3) is 0 Å². The van der Waals surface area contributed by atoms with Crippen LogP contribution in [0.2, 0.25) is 0 Å². The van der Waals surface area contributed by atoms with Crippen LogP contribution in [0.5, 0.6) is 17.2 Å². The SMILES string of the molecule is COc1cc(/C=N\n2c(COc3ccccc3)n[nH]c2=S)cc([N+](=O)[O-])c1OC(C)C. The van der Waals surface area contributed by atoms with Crippen LogP contribution < -0.4 is 14.2 Å². The number of nitro groups is 1. The van der Waals surface area contributed by atoms with Gasteiger partial charge < -0.3 is 14.2 Å². The Hall–Kier alpha value is -3.73. The first-order chi connectivity index (χ1) is 14.9. The first-order valence-corrected chi connectivity index (χ1v) is 9.71. The number of hydrogen-bond acceptors (Lipinski definition) is 8. The summed E-state index contributed by atoms with van der Waals surface area (Å²) in [4.78, 5) is 11.0. The Labute approximate surface area is 183 Å². The molecule has 0 aliphatic heterocycles. The maximum absolute atomic E-state index is 11.6. The number of para-hydroxylation sites is 1. The van der Waals surface area contributed by atoms with E-state index in [0.29, 0.717) is 17.1 Å². The van der Waals surface area contributed by atoms with Gasteiger partial charge in [-0.2, -0.15) is 14.9 Å². The minimum atomic E-state index is -0.528. The lowest BCUT2D eigenvalue weighted by Crippen LogP contribution is -2.09. The van der Waals surface area contributed by atoms with Gasteiger partial charge in [0.1, 0.15) is 12.4 Å². The van der Waals surface area contributed by atoms with Gasteiger partial charge in [-0.25, -0.2) is 5.10 Å². The minimum Gasteiger partial charge on any atom is -0.493 e. The molecule has 0 saturated carbocycles. The Bertz CT molecular complexity index is 1140. The van der Waals surface area contributed by atoms with Crippen LogP contribution in [0.3, 0.4) is 0 Å². The zero-order valence-corrected chi connectivity index (χ0v) is 18.0. The topological polar surface area (TPSA) is 117 Å². The maximum Gasteiger partial charge on any atom is 0.315 e. The van der Waals surface area contributed by atoms with Gasteiger partial charge in [-0.05, 0) is 44.3 Å². The molecule has 0 amide bonds. The van der Waals surface area contributed by atoms with Crippen molar-refractivity contribution in [2.45, 2.75) is 26.6 Å². The van der Waals surface area contributed by atoms with Gasteiger partial charge in [-0.1, -0.05) is 18.2 Å². The molecule has 0 aliphatic carbocycles. The van der Waals surface area contributed by atoms with Gasteiger partial charge in [-0.3, -0.25) is 10.1 Å². The first-order valence-electron chi connectivity index (χ1n) is 9.30. The van der Waals surface area contributed by atoms with Gasteiger partial charge >= 0.3 is 5.69 Å². The smallest absolute Gasteiger partial charge is 0.315 e. The molecule has 0 bridgehead atoms. The van der Waals surface area contributed by atoms with E-state index >= 15 is 0 Å². The normalized spacial score (nSPS) is 11.1. The van der Waals surface area contributed by atoms with Gasteiger partial charge in [0.05, 0.1) is 24.4 Å². The Kier molecular flexibility index (Phi) is 6.98. The van der Waals surface area contributed by atoms with Crippen molar-refractivity contribution in [1.29, 1.82) is 0 Å². The second-order valence-electron chi connectivity index (χ2n) is 6.60. The largest absolute Gasteiger partial charge is 0.493 e. The Balaban J connectivity index is 1.89. The second kappa shape index (κ2) is 9.85. The van der Waals surface area contributed by atoms with Gasteiger partial charge in [0, 0.05) is 11.6 Å². The second-order valence-corrected chi connectivity index (χ2v) is 6.98. The molecule has 0 spiro atoms. The Morgan fingerprint density at radius 1 is 1.32 bits per heavy atom. The molecule has 0 aliphatic rings. The van der Waals surface area contributed by atoms with Crippen LogP contribution in [-0.4, -0.2) is 39.2 Å². The van der Waals surface area contributed by atoms with Crippen LogP contribution >= 0.6 is 12.2 Å². The molecule has 10 nitrogen and oxygen atoms in total. The molecule has 162 valence electrons. The van der Waals surface area contributed by atoms with Gasteiger partial charge in [0.15, 0.2) is 11.6 Å². The third-order valence-electron chi connectivity index (χ3n) is 3.98. The molecule has 0 unspecified atom stereocenters. The molecule has 1 aromatic heterocycles. The van der Waals surface area contributed by atoms with E-state index < -0.39 is 4.92 Å². The van der Waals surface area contributed by atoms with E-state index in [2.05, 4.69) is 15.3 Å². The lowest BCUT2D eigenvalue weighted by molar-refractivity contribution is -0.386. The predicted molar refractivity (Wildman–Crippen MR) is 117 cm³/mol. The Morgan fingerprint density at radius 3 is 2.71 bits per heavy atom. The molecular formula is C20H21N5O5S. The summed E-state index contributed by atoms with van der Waals surface area (Å²) in [5, 5.41) is 22.7. The third kappa shape index (κ3) is 5.45. The molecule has 1 heterocycles. The van der Waals surface area contributed by atoms with Crippen molar-refractivity contribution < 1.29 is 19.1 Å². The molecule has 2 aromatic carbocycles. The fourth-order valence-corrected chi connectivity index (χ4v) is 2.85. The number of H-pyrrole nitrogens is 1. The molecule has 1 N–H and O–H groups in total. The van der Waals surface area contributed by atoms with Crippen molar-refractivity contribution in [3.05, 3.63) is 68.7 Å². The van der Waals surface area contributed by atoms with Gasteiger partial charge in [-0.15, -0.1) is 0 Å². The monoisotopic (exact) mass is 443 g/mol. The van der Waals surface area contributed by atoms with E-state index in [-0.39, 0.29) is 34.7 Å². The summed E-state index contributed by atoms with van der Waals surface area (Å²) in [5.41, 5.74) is 0.204. The van der Waals surface area contributed by atoms with E-state index in [1.165, 1.54) is 24.1 Å². The van der Waals surface area contributed by atoms with Crippen LogP contribution in [0.4, 0.5) is 5.69 Å². The number of rotatable bonds is 9. The summed E-state index contributed by atoms with van der Waals surface area (Å²) < 4.78 is 18.2. The number of aromatic nitrogens is 3. The van der Waals surface area contributed by atoms with E-state index in [4.69, 9.17) is 26.4 Å². The van der Waals surface area contributed by atoms with Crippen molar-refractivity contribution in [2.24, 2.45) is 5.10 Å². The lowest BCUT2D eigenvalue weighted by Gasteiger charge is -2.14. The van der Waals surface area contributed by atoms with E-state index in [9.17, 15) is 10.1 Å². The van der Waals surface area contributed by atoms with Crippen molar-refractivity contribution in [1.82, 2.24) is 14.9 Å². The summed E-state index contributed by atoms with van der Waals surface area (Å²) in [5.74, 6) is 1.41. The summed E-state index contributed by atoms with van der Waals surface area (Å²) in [6.45, 7) is 3.68. The number of nitrogens with one attached hydrogen (secondary N) is 1. The highest BCUT2D eigenvalue weighted by atomic mass is 32.1. The molecule has 3 aromatic rings. The van der Waals surface area contributed by atoms with E-state index in [0.717, 1.165) is 0 Å². The van der Waals surface area contributed by atoms with Gasteiger partial charge in [0.2, 0.25) is 10.5 Å². The van der Waals surface area contributed by atoms with Crippen molar-refractivity contribution in [3.63, 3.8) is 0 Å². The molecule has 3 rings (SSSR count). The highest BCUT2D eigenvalue weighted by molar-refractivity contribution is 7.71.